The fourth-order valence-electron chi connectivity index (χ4n) is 5.75. The highest BCUT2D eigenvalue weighted by atomic mass is 35.5. The van der Waals surface area contributed by atoms with E-state index in [0.29, 0.717) is 34.9 Å². The maximum atomic E-state index is 16.3. The van der Waals surface area contributed by atoms with Gasteiger partial charge < -0.3 is 10.0 Å². The summed E-state index contributed by atoms with van der Waals surface area (Å²) in [6.45, 7) is 3.86. The zero-order chi connectivity index (χ0) is 29.9. The molecule has 1 aliphatic heterocycles. The van der Waals surface area contributed by atoms with Gasteiger partial charge in [-0.15, -0.1) is 0 Å². The van der Waals surface area contributed by atoms with Crippen molar-refractivity contribution in [2.75, 3.05) is 19.7 Å². The number of aliphatic hydroxyl groups is 1. The minimum Gasteiger partial charge on any atom is -0.396 e. The SMILES string of the molecule is Cc1cnc(-c2cccc(C(=O)N3CC(CO)C3)c2F)c(F)c1-n1c(C)cc([C@H]2C[C@@H]2c2cncc(Cl)c2)c(Cl)c1=O. The Morgan fingerprint density at radius 2 is 1.83 bits per heavy atom. The quantitative estimate of drug-likeness (QED) is 0.297. The Bertz CT molecular complexity index is 1810. The Hall–Kier alpha value is -3.66. The molecule has 2 fully saturated rings. The molecule has 7 nitrogen and oxygen atoms in total. The normalized spacial score (nSPS) is 18.2. The molecule has 1 aliphatic carbocycles. The zero-order valence-corrected chi connectivity index (χ0v) is 24.3. The summed E-state index contributed by atoms with van der Waals surface area (Å²) in [5.74, 6) is -2.31. The van der Waals surface area contributed by atoms with Gasteiger partial charge in [-0.05, 0) is 73.1 Å². The summed E-state index contributed by atoms with van der Waals surface area (Å²) < 4.78 is 33.1. The van der Waals surface area contributed by atoms with Crippen molar-refractivity contribution in [2.45, 2.75) is 32.1 Å². The van der Waals surface area contributed by atoms with E-state index in [1.54, 1.807) is 32.3 Å². The topological polar surface area (TPSA) is 88.3 Å². The molecule has 6 rings (SSSR count). The monoisotopic (exact) mass is 610 g/mol. The number of aromatic nitrogens is 3. The van der Waals surface area contributed by atoms with Gasteiger partial charge in [0.15, 0.2) is 5.82 Å². The van der Waals surface area contributed by atoms with Crippen LogP contribution in [0.25, 0.3) is 16.9 Å². The lowest BCUT2D eigenvalue weighted by molar-refractivity contribution is 0.0358. The second-order valence-electron chi connectivity index (χ2n) is 11.0. The van der Waals surface area contributed by atoms with Gasteiger partial charge in [-0.1, -0.05) is 29.3 Å². The highest BCUT2D eigenvalue weighted by molar-refractivity contribution is 6.31. The Morgan fingerprint density at radius 1 is 1.07 bits per heavy atom. The third kappa shape index (κ3) is 4.79. The summed E-state index contributed by atoms with van der Waals surface area (Å²) >= 11 is 12.7. The number of aliphatic hydroxyl groups excluding tert-OH is 1. The Balaban J connectivity index is 1.38. The summed E-state index contributed by atoms with van der Waals surface area (Å²) in [6, 6.07) is 7.75. The van der Waals surface area contributed by atoms with Crippen molar-refractivity contribution in [3.05, 3.63) is 109 Å². The summed E-state index contributed by atoms with van der Waals surface area (Å²) in [7, 11) is 0. The van der Waals surface area contributed by atoms with Crippen LogP contribution in [0, 0.1) is 31.4 Å². The maximum Gasteiger partial charge on any atom is 0.274 e. The highest BCUT2D eigenvalue weighted by Gasteiger charge is 2.42. The van der Waals surface area contributed by atoms with Gasteiger partial charge in [0.05, 0.1) is 16.3 Å². The summed E-state index contributed by atoms with van der Waals surface area (Å²) in [6.07, 6.45) is 5.43. The van der Waals surface area contributed by atoms with E-state index in [4.69, 9.17) is 23.2 Å². The van der Waals surface area contributed by atoms with Crippen LogP contribution < -0.4 is 5.56 Å². The van der Waals surface area contributed by atoms with Crippen LogP contribution >= 0.6 is 23.2 Å². The molecule has 0 spiro atoms. The molecule has 2 atom stereocenters. The van der Waals surface area contributed by atoms with Crippen molar-refractivity contribution in [2.24, 2.45) is 5.92 Å². The molecule has 2 aliphatic rings. The number of rotatable bonds is 6. The van der Waals surface area contributed by atoms with E-state index in [-0.39, 0.29) is 51.9 Å². The third-order valence-corrected chi connectivity index (χ3v) is 8.68. The van der Waals surface area contributed by atoms with Gasteiger partial charge in [0.25, 0.3) is 11.5 Å². The first-order valence-corrected chi connectivity index (χ1v) is 14.2. The fourth-order valence-corrected chi connectivity index (χ4v) is 6.21. The molecule has 0 unspecified atom stereocenters. The number of carbonyl (C=O) groups is 1. The molecule has 1 saturated heterocycles. The molecule has 0 radical (unpaired) electrons. The van der Waals surface area contributed by atoms with Crippen LogP contribution in [0.1, 0.15) is 51.0 Å². The van der Waals surface area contributed by atoms with Crippen molar-refractivity contribution in [3.63, 3.8) is 0 Å². The lowest BCUT2D eigenvalue weighted by Crippen LogP contribution is -2.51. The van der Waals surface area contributed by atoms with E-state index in [2.05, 4.69) is 9.97 Å². The molecule has 1 N–H and O–H groups in total. The van der Waals surface area contributed by atoms with Crippen molar-refractivity contribution < 1.29 is 18.7 Å². The number of halogens is 4. The molecule has 4 aromatic rings. The standard InChI is InChI=1S/C31H26Cl2F2N4O3/c1-15-9-37-28(20-4-3-5-21(26(20)34)30(41)38-12-17(13-38)14-40)27(35)29(15)39-16(2)6-24(25(33)31(39)42)23-8-22(23)18-7-19(32)11-36-10-18/h3-7,9-11,17,22-23,40H,8,12-14H2,1-2H3/t22-,23+/m1/s1. The van der Waals surface area contributed by atoms with Crippen LogP contribution in [0.2, 0.25) is 10.0 Å². The minimum absolute atomic E-state index is 0.00815. The zero-order valence-electron chi connectivity index (χ0n) is 22.7. The van der Waals surface area contributed by atoms with Gasteiger partial charge in [0, 0.05) is 55.5 Å². The number of likely N-dealkylation sites (tertiary alicyclic amines) is 1. The smallest absolute Gasteiger partial charge is 0.274 e. The third-order valence-electron chi connectivity index (χ3n) is 8.09. The van der Waals surface area contributed by atoms with Gasteiger partial charge in [0.2, 0.25) is 0 Å². The highest BCUT2D eigenvalue weighted by Crippen LogP contribution is 2.56. The summed E-state index contributed by atoms with van der Waals surface area (Å²) in [4.78, 5) is 36.2. The fraction of sp³-hybridized carbons (Fsp3) is 0.290. The van der Waals surface area contributed by atoms with Crippen LogP contribution in [-0.2, 0) is 0 Å². The van der Waals surface area contributed by atoms with Crippen LogP contribution in [0.4, 0.5) is 8.78 Å². The second kappa shape index (κ2) is 10.9. The predicted molar refractivity (Wildman–Crippen MR) is 155 cm³/mol. The number of hydrogen-bond donors (Lipinski definition) is 1. The van der Waals surface area contributed by atoms with Gasteiger partial charge in [-0.3, -0.25) is 24.1 Å². The predicted octanol–water partition coefficient (Wildman–Crippen LogP) is 5.83. The summed E-state index contributed by atoms with van der Waals surface area (Å²) in [5.41, 5.74) is 0.979. The molecular weight excluding hydrogens is 585 g/mol. The molecule has 3 aromatic heterocycles. The number of carbonyl (C=O) groups excluding carboxylic acids is 1. The first-order chi connectivity index (χ1) is 20.1. The Labute approximate surface area is 250 Å². The molecule has 1 saturated carbocycles. The number of nitrogens with zero attached hydrogens (tertiary/aromatic N) is 4. The molecular formula is C31H26Cl2F2N4O3. The average Bonchev–Trinajstić information content (AvgIpc) is 3.73. The van der Waals surface area contributed by atoms with Crippen molar-refractivity contribution >= 4 is 29.1 Å². The van der Waals surface area contributed by atoms with Gasteiger partial charge in [-0.25, -0.2) is 8.78 Å². The number of benzene rings is 1. The lowest BCUT2D eigenvalue weighted by Gasteiger charge is -2.38. The van der Waals surface area contributed by atoms with Crippen LogP contribution in [0.15, 0.2) is 53.7 Å². The number of aryl methyl sites for hydroxylation is 2. The van der Waals surface area contributed by atoms with Crippen molar-refractivity contribution in [3.8, 4) is 16.9 Å². The van der Waals surface area contributed by atoms with Gasteiger partial charge in [0.1, 0.15) is 16.5 Å². The molecule has 0 bridgehead atoms. The second-order valence-corrected chi connectivity index (χ2v) is 11.8. The molecule has 216 valence electrons. The minimum atomic E-state index is -0.913. The molecule has 11 heteroatoms. The number of amides is 1. The maximum absolute atomic E-state index is 16.3. The molecule has 1 amide bonds. The van der Waals surface area contributed by atoms with Crippen LogP contribution in [-0.4, -0.2) is 50.1 Å². The Morgan fingerprint density at radius 3 is 2.55 bits per heavy atom. The average molecular weight is 611 g/mol. The van der Waals surface area contributed by atoms with E-state index < -0.39 is 23.1 Å². The van der Waals surface area contributed by atoms with Gasteiger partial charge in [-0.2, -0.15) is 0 Å². The van der Waals surface area contributed by atoms with E-state index in [1.807, 2.05) is 6.07 Å². The number of pyridine rings is 3. The molecule has 1 aromatic carbocycles. The molecule has 4 heterocycles. The van der Waals surface area contributed by atoms with Gasteiger partial charge >= 0.3 is 0 Å². The first-order valence-electron chi connectivity index (χ1n) is 13.5. The summed E-state index contributed by atoms with van der Waals surface area (Å²) in [5, 5.41) is 9.75. The van der Waals surface area contributed by atoms with E-state index in [1.165, 1.54) is 33.9 Å². The largest absolute Gasteiger partial charge is 0.396 e. The van der Waals surface area contributed by atoms with Crippen LogP contribution in [0.5, 0.6) is 0 Å². The molecule has 42 heavy (non-hydrogen) atoms. The first kappa shape index (κ1) is 28.5. The van der Waals surface area contributed by atoms with E-state index >= 15 is 8.78 Å². The van der Waals surface area contributed by atoms with E-state index in [0.717, 1.165) is 12.0 Å². The number of hydrogen-bond acceptors (Lipinski definition) is 5. The van der Waals surface area contributed by atoms with Crippen molar-refractivity contribution in [1.29, 1.82) is 0 Å². The van der Waals surface area contributed by atoms with Crippen LogP contribution in [0.3, 0.4) is 0 Å². The lowest BCUT2D eigenvalue weighted by atomic mass is 9.98. The van der Waals surface area contributed by atoms with E-state index in [9.17, 15) is 14.7 Å². The Kier molecular flexibility index (Phi) is 7.37. The van der Waals surface area contributed by atoms with Crippen molar-refractivity contribution in [1.82, 2.24) is 19.4 Å².